The predicted molar refractivity (Wildman–Crippen MR) is 120 cm³/mol. The molecule has 5 heterocycles. The van der Waals surface area contributed by atoms with Crippen molar-refractivity contribution in [1.29, 1.82) is 0 Å². The van der Waals surface area contributed by atoms with Crippen LogP contribution in [0.4, 0.5) is 5.82 Å². The lowest BCUT2D eigenvalue weighted by Crippen LogP contribution is -2.42. The van der Waals surface area contributed by atoms with Gasteiger partial charge in [0, 0.05) is 63.8 Å². The van der Waals surface area contributed by atoms with E-state index in [1.807, 2.05) is 28.0 Å². The van der Waals surface area contributed by atoms with E-state index in [1.165, 1.54) is 0 Å². The van der Waals surface area contributed by atoms with Crippen LogP contribution in [0.3, 0.4) is 0 Å². The first-order valence-corrected chi connectivity index (χ1v) is 11.2. The smallest absolute Gasteiger partial charge is 0.219 e. The van der Waals surface area contributed by atoms with Crippen LogP contribution in [-0.2, 0) is 9.53 Å². The highest BCUT2D eigenvalue weighted by Crippen LogP contribution is 2.28. The van der Waals surface area contributed by atoms with Gasteiger partial charge in [0.2, 0.25) is 5.91 Å². The number of pyridine rings is 1. The maximum Gasteiger partial charge on any atom is 0.219 e. The number of piperidine rings is 1. The van der Waals surface area contributed by atoms with E-state index in [-0.39, 0.29) is 18.1 Å². The number of aromatic nitrogens is 5. The molecule has 0 aromatic carbocycles. The molecule has 10 heteroatoms. The van der Waals surface area contributed by atoms with Gasteiger partial charge in [-0.05, 0) is 18.9 Å². The Morgan fingerprint density at radius 2 is 2.12 bits per heavy atom. The molecule has 5 rings (SSSR count). The predicted octanol–water partition coefficient (Wildman–Crippen LogP) is 1.47. The monoisotopic (exact) mass is 436 g/mol. The first kappa shape index (κ1) is 20.8. The zero-order chi connectivity index (χ0) is 21.9. The average Bonchev–Trinajstić information content (AvgIpc) is 3.33. The maximum atomic E-state index is 11.6. The molecule has 0 saturated carbocycles. The number of nitrogens with zero attached hydrogens (tertiary/aromatic N) is 6. The summed E-state index contributed by atoms with van der Waals surface area (Å²) in [6.07, 6.45) is 9.15. The summed E-state index contributed by atoms with van der Waals surface area (Å²) in [5, 5.41) is 11.4. The molecule has 2 N–H and O–H groups in total. The molecule has 32 heavy (non-hydrogen) atoms. The van der Waals surface area contributed by atoms with Gasteiger partial charge in [-0.3, -0.25) is 14.5 Å². The van der Waals surface area contributed by atoms with Gasteiger partial charge in [0.25, 0.3) is 0 Å². The third-order valence-corrected chi connectivity index (χ3v) is 6.14. The summed E-state index contributed by atoms with van der Waals surface area (Å²) in [5.41, 5.74) is 3.26. The van der Waals surface area contributed by atoms with Crippen molar-refractivity contribution in [3.63, 3.8) is 0 Å². The summed E-state index contributed by atoms with van der Waals surface area (Å²) in [5.74, 6) is 0.836. The molecule has 3 aromatic heterocycles. The fourth-order valence-corrected chi connectivity index (χ4v) is 4.32. The Bertz CT molecular complexity index is 1090. The van der Waals surface area contributed by atoms with E-state index < -0.39 is 0 Å². The van der Waals surface area contributed by atoms with Gasteiger partial charge >= 0.3 is 0 Å². The standard InChI is InChI=1S/C22H28N8O2/c1-15(31)29-7-2-17(3-8-29)30-14-16(11-27-30)19-10-20-21(25-5-4-24-20)22(28-19)26-13-18-12-23-6-9-32-18/h4-5,10-11,14,17-18,23H,2-3,6-9,12-13H2,1H3,(H,26,28)/t18-/m0/s1. The normalized spacial score (nSPS) is 19.9. The fourth-order valence-electron chi connectivity index (χ4n) is 4.32. The van der Waals surface area contributed by atoms with E-state index in [2.05, 4.69) is 25.7 Å². The summed E-state index contributed by atoms with van der Waals surface area (Å²) in [7, 11) is 0. The highest BCUT2D eigenvalue weighted by molar-refractivity contribution is 5.88. The largest absolute Gasteiger partial charge is 0.374 e. The van der Waals surface area contributed by atoms with Gasteiger partial charge in [-0.25, -0.2) is 9.97 Å². The Balaban J connectivity index is 1.37. The van der Waals surface area contributed by atoms with Gasteiger partial charge < -0.3 is 20.3 Å². The molecule has 0 unspecified atom stereocenters. The lowest BCUT2D eigenvalue weighted by molar-refractivity contribution is -0.130. The summed E-state index contributed by atoms with van der Waals surface area (Å²) in [6.45, 7) is 6.22. The van der Waals surface area contributed by atoms with E-state index in [4.69, 9.17) is 9.72 Å². The lowest BCUT2D eigenvalue weighted by Gasteiger charge is -2.31. The number of rotatable bonds is 5. The molecule has 0 bridgehead atoms. The van der Waals surface area contributed by atoms with Crippen LogP contribution in [-0.4, -0.2) is 81.0 Å². The Morgan fingerprint density at radius 3 is 2.91 bits per heavy atom. The second-order valence-corrected chi connectivity index (χ2v) is 8.30. The number of likely N-dealkylation sites (tertiary alicyclic amines) is 1. The van der Waals surface area contributed by atoms with Gasteiger partial charge in [-0.1, -0.05) is 0 Å². The average molecular weight is 437 g/mol. The highest BCUT2D eigenvalue weighted by atomic mass is 16.5. The van der Waals surface area contributed by atoms with Crippen molar-refractivity contribution in [2.75, 3.05) is 44.6 Å². The van der Waals surface area contributed by atoms with Crippen LogP contribution in [0.15, 0.2) is 30.9 Å². The molecule has 2 aliphatic heterocycles. The molecule has 0 aliphatic carbocycles. The number of anilines is 1. The number of hydrogen-bond donors (Lipinski definition) is 2. The fraction of sp³-hybridized carbons (Fsp3) is 0.500. The second kappa shape index (κ2) is 9.17. The molecule has 0 radical (unpaired) electrons. The van der Waals surface area contributed by atoms with E-state index in [1.54, 1.807) is 19.3 Å². The summed E-state index contributed by atoms with van der Waals surface area (Å²) >= 11 is 0. The number of hydrogen-bond acceptors (Lipinski definition) is 8. The number of nitrogens with one attached hydrogen (secondary N) is 2. The lowest BCUT2D eigenvalue weighted by atomic mass is 10.1. The highest BCUT2D eigenvalue weighted by Gasteiger charge is 2.23. The van der Waals surface area contributed by atoms with Crippen LogP contribution >= 0.6 is 0 Å². The molecule has 0 spiro atoms. The molecule has 10 nitrogen and oxygen atoms in total. The molecular formula is C22H28N8O2. The summed E-state index contributed by atoms with van der Waals surface area (Å²) in [4.78, 5) is 27.3. The van der Waals surface area contributed by atoms with Gasteiger partial charge in [0.1, 0.15) is 5.52 Å². The van der Waals surface area contributed by atoms with Crippen LogP contribution in [0.2, 0.25) is 0 Å². The molecule has 2 aliphatic rings. The molecule has 1 atom stereocenters. The van der Waals surface area contributed by atoms with Crippen molar-refractivity contribution in [1.82, 2.24) is 34.9 Å². The number of carbonyl (C=O) groups excluding carboxylic acids is 1. The van der Waals surface area contributed by atoms with E-state index in [9.17, 15) is 4.79 Å². The minimum absolute atomic E-state index is 0.0875. The van der Waals surface area contributed by atoms with Crippen LogP contribution in [0.25, 0.3) is 22.3 Å². The Labute approximate surface area is 186 Å². The molecule has 1 amide bonds. The molecule has 2 saturated heterocycles. The van der Waals surface area contributed by atoms with E-state index in [0.29, 0.717) is 19.0 Å². The topological polar surface area (TPSA) is 110 Å². The van der Waals surface area contributed by atoms with Gasteiger partial charge in [0.05, 0.1) is 36.2 Å². The van der Waals surface area contributed by atoms with Crippen molar-refractivity contribution in [2.45, 2.75) is 31.9 Å². The molecule has 168 valence electrons. The SMILES string of the molecule is CC(=O)N1CCC(n2cc(-c3cc4nccnc4c(NC[C@@H]4CNCCO4)n3)cn2)CC1. The first-order valence-electron chi connectivity index (χ1n) is 11.2. The molecule has 2 fully saturated rings. The van der Waals surface area contributed by atoms with Crippen LogP contribution in [0, 0.1) is 0 Å². The first-order chi connectivity index (χ1) is 15.7. The van der Waals surface area contributed by atoms with E-state index >= 15 is 0 Å². The summed E-state index contributed by atoms with van der Waals surface area (Å²) < 4.78 is 7.80. The van der Waals surface area contributed by atoms with Gasteiger partial charge in [0.15, 0.2) is 5.82 Å². The van der Waals surface area contributed by atoms with Crippen LogP contribution in [0.5, 0.6) is 0 Å². The van der Waals surface area contributed by atoms with Crippen molar-refractivity contribution in [3.05, 3.63) is 30.9 Å². The van der Waals surface area contributed by atoms with Crippen LogP contribution in [0.1, 0.15) is 25.8 Å². The van der Waals surface area contributed by atoms with Crippen molar-refractivity contribution < 1.29 is 9.53 Å². The van der Waals surface area contributed by atoms with Crippen molar-refractivity contribution >= 4 is 22.8 Å². The second-order valence-electron chi connectivity index (χ2n) is 8.30. The van der Waals surface area contributed by atoms with Gasteiger partial charge in [-0.15, -0.1) is 0 Å². The Kier molecular flexibility index (Phi) is 5.95. The maximum absolute atomic E-state index is 11.6. The van der Waals surface area contributed by atoms with Gasteiger partial charge in [-0.2, -0.15) is 5.10 Å². The minimum atomic E-state index is 0.0875. The van der Waals surface area contributed by atoms with Crippen molar-refractivity contribution in [2.24, 2.45) is 0 Å². The third kappa shape index (κ3) is 4.42. The number of morpholine rings is 1. The van der Waals surface area contributed by atoms with Crippen LogP contribution < -0.4 is 10.6 Å². The zero-order valence-electron chi connectivity index (χ0n) is 18.2. The number of carbonyl (C=O) groups is 1. The number of ether oxygens (including phenoxy) is 1. The zero-order valence-corrected chi connectivity index (χ0v) is 18.2. The third-order valence-electron chi connectivity index (χ3n) is 6.14. The molecular weight excluding hydrogens is 408 g/mol. The number of fused-ring (bicyclic) bond motifs is 1. The molecule has 3 aromatic rings. The Hall–Kier alpha value is -3.11. The Morgan fingerprint density at radius 1 is 1.28 bits per heavy atom. The van der Waals surface area contributed by atoms with Crippen molar-refractivity contribution in [3.8, 4) is 11.3 Å². The quantitative estimate of drug-likeness (QED) is 0.619. The van der Waals surface area contributed by atoms with E-state index in [0.717, 1.165) is 61.3 Å². The minimum Gasteiger partial charge on any atom is -0.374 e. The summed E-state index contributed by atoms with van der Waals surface area (Å²) in [6, 6.07) is 2.24. The number of amides is 1.